The van der Waals surface area contributed by atoms with E-state index in [2.05, 4.69) is 4.98 Å². The zero-order chi connectivity index (χ0) is 10.8. The number of hydrogen-bond acceptors (Lipinski definition) is 5. The van der Waals surface area contributed by atoms with E-state index in [1.165, 1.54) is 0 Å². The zero-order valence-electron chi connectivity index (χ0n) is 8.30. The predicted octanol–water partition coefficient (Wildman–Crippen LogP) is 2.01. The van der Waals surface area contributed by atoms with Crippen LogP contribution in [-0.2, 0) is 0 Å². The summed E-state index contributed by atoms with van der Waals surface area (Å²) in [5.74, 6) is 0. The Balaban J connectivity index is 2.45. The van der Waals surface area contributed by atoms with Crippen molar-refractivity contribution in [1.82, 2.24) is 4.98 Å². The minimum absolute atomic E-state index is 0.0367. The Bertz CT molecular complexity index is 469. The number of benzene rings is 1. The van der Waals surface area contributed by atoms with Crippen LogP contribution in [0.1, 0.15) is 11.6 Å². The molecule has 2 rings (SSSR count). The standard InChI is InChI=1S/C10H12N2OS2/c1-14-10-12-8-4-6(7(11)5-13)2-3-9(8)15-10/h2-4,7,13H,5,11H2,1H3. The summed E-state index contributed by atoms with van der Waals surface area (Å²) in [6.07, 6.45) is 2.01. The van der Waals surface area contributed by atoms with Crippen molar-refractivity contribution in [3.8, 4) is 0 Å². The van der Waals surface area contributed by atoms with Crippen LogP contribution in [0.3, 0.4) is 0 Å². The van der Waals surface area contributed by atoms with E-state index in [1.54, 1.807) is 23.1 Å². The zero-order valence-corrected chi connectivity index (χ0v) is 9.94. The van der Waals surface area contributed by atoms with Crippen LogP contribution in [0.4, 0.5) is 0 Å². The highest BCUT2D eigenvalue weighted by atomic mass is 32.2. The Hall–Kier alpha value is -0.620. The summed E-state index contributed by atoms with van der Waals surface area (Å²) >= 11 is 3.32. The van der Waals surface area contributed by atoms with E-state index in [-0.39, 0.29) is 12.6 Å². The van der Waals surface area contributed by atoms with Gasteiger partial charge in [-0.05, 0) is 24.0 Å². The molecule has 0 aliphatic heterocycles. The second-order valence-electron chi connectivity index (χ2n) is 3.20. The molecule has 0 aliphatic rings. The van der Waals surface area contributed by atoms with Gasteiger partial charge in [-0.15, -0.1) is 11.3 Å². The molecule has 1 atom stereocenters. The molecule has 2 aromatic rings. The van der Waals surface area contributed by atoms with Crippen molar-refractivity contribution >= 4 is 33.3 Å². The van der Waals surface area contributed by atoms with Crippen LogP contribution in [0.5, 0.6) is 0 Å². The van der Waals surface area contributed by atoms with Crippen molar-refractivity contribution in [2.75, 3.05) is 12.9 Å². The van der Waals surface area contributed by atoms with Gasteiger partial charge in [0, 0.05) is 0 Å². The van der Waals surface area contributed by atoms with Gasteiger partial charge in [-0.3, -0.25) is 0 Å². The molecule has 15 heavy (non-hydrogen) atoms. The summed E-state index contributed by atoms with van der Waals surface area (Å²) in [5, 5.41) is 8.96. The molecule has 1 unspecified atom stereocenters. The second kappa shape index (κ2) is 4.49. The van der Waals surface area contributed by atoms with E-state index >= 15 is 0 Å². The lowest BCUT2D eigenvalue weighted by Crippen LogP contribution is -2.14. The summed E-state index contributed by atoms with van der Waals surface area (Å²) in [6.45, 7) is -0.0367. The van der Waals surface area contributed by atoms with Crippen LogP contribution < -0.4 is 5.73 Å². The van der Waals surface area contributed by atoms with E-state index in [1.807, 2.05) is 24.5 Å². The minimum atomic E-state index is -0.311. The molecule has 5 heteroatoms. The van der Waals surface area contributed by atoms with E-state index in [4.69, 9.17) is 10.8 Å². The average molecular weight is 240 g/mol. The third kappa shape index (κ3) is 2.15. The molecule has 0 saturated carbocycles. The predicted molar refractivity (Wildman–Crippen MR) is 65.4 cm³/mol. The van der Waals surface area contributed by atoms with Gasteiger partial charge in [-0.25, -0.2) is 4.98 Å². The van der Waals surface area contributed by atoms with Gasteiger partial charge in [-0.2, -0.15) is 0 Å². The number of aliphatic hydroxyl groups is 1. The van der Waals surface area contributed by atoms with Gasteiger partial charge in [0.15, 0.2) is 4.34 Å². The third-order valence-corrected chi connectivity index (χ3v) is 4.21. The van der Waals surface area contributed by atoms with Crippen LogP contribution in [0.25, 0.3) is 10.2 Å². The highest BCUT2D eigenvalue weighted by Crippen LogP contribution is 2.29. The van der Waals surface area contributed by atoms with E-state index < -0.39 is 0 Å². The first-order chi connectivity index (χ1) is 7.24. The van der Waals surface area contributed by atoms with Gasteiger partial charge in [0.25, 0.3) is 0 Å². The Morgan fingerprint density at radius 3 is 3.07 bits per heavy atom. The number of aliphatic hydroxyl groups excluding tert-OH is 1. The quantitative estimate of drug-likeness (QED) is 0.806. The van der Waals surface area contributed by atoms with Crippen LogP contribution >= 0.6 is 23.1 Å². The molecule has 0 spiro atoms. The largest absolute Gasteiger partial charge is 0.394 e. The van der Waals surface area contributed by atoms with Crippen molar-refractivity contribution in [3.05, 3.63) is 23.8 Å². The van der Waals surface area contributed by atoms with Crippen LogP contribution in [-0.4, -0.2) is 23.0 Å². The molecule has 1 aromatic carbocycles. The van der Waals surface area contributed by atoms with Crippen molar-refractivity contribution in [2.24, 2.45) is 5.73 Å². The maximum absolute atomic E-state index is 8.96. The number of fused-ring (bicyclic) bond motifs is 1. The molecule has 80 valence electrons. The SMILES string of the molecule is CSc1nc2cc(C(N)CO)ccc2s1. The molecule has 0 amide bonds. The lowest BCUT2D eigenvalue weighted by molar-refractivity contribution is 0.268. The average Bonchev–Trinajstić information content (AvgIpc) is 2.69. The van der Waals surface area contributed by atoms with Gasteiger partial charge in [0.05, 0.1) is 22.9 Å². The van der Waals surface area contributed by atoms with Crippen molar-refractivity contribution in [2.45, 2.75) is 10.4 Å². The summed E-state index contributed by atoms with van der Waals surface area (Å²) in [5.41, 5.74) is 7.64. The molecule has 0 radical (unpaired) electrons. The molecule has 3 nitrogen and oxygen atoms in total. The number of rotatable bonds is 3. The van der Waals surface area contributed by atoms with Gasteiger partial charge in [0.2, 0.25) is 0 Å². The fraction of sp³-hybridized carbons (Fsp3) is 0.300. The van der Waals surface area contributed by atoms with Crippen molar-refractivity contribution < 1.29 is 5.11 Å². The second-order valence-corrected chi connectivity index (χ2v) is 5.28. The van der Waals surface area contributed by atoms with Crippen LogP contribution in [0.2, 0.25) is 0 Å². The van der Waals surface area contributed by atoms with Crippen molar-refractivity contribution in [3.63, 3.8) is 0 Å². The topological polar surface area (TPSA) is 59.1 Å². The number of nitrogens with two attached hydrogens (primary N) is 1. The molecule has 1 aromatic heterocycles. The number of nitrogens with zero attached hydrogens (tertiary/aromatic N) is 1. The third-order valence-electron chi connectivity index (χ3n) is 2.19. The highest BCUT2D eigenvalue weighted by molar-refractivity contribution is 8.00. The fourth-order valence-electron chi connectivity index (χ4n) is 1.35. The molecular weight excluding hydrogens is 228 g/mol. The number of thioether (sulfide) groups is 1. The first-order valence-electron chi connectivity index (χ1n) is 4.55. The lowest BCUT2D eigenvalue weighted by Gasteiger charge is -2.07. The van der Waals surface area contributed by atoms with Gasteiger partial charge >= 0.3 is 0 Å². The Morgan fingerprint density at radius 1 is 1.60 bits per heavy atom. The van der Waals surface area contributed by atoms with Gasteiger partial charge < -0.3 is 10.8 Å². The van der Waals surface area contributed by atoms with E-state index in [9.17, 15) is 0 Å². The first-order valence-corrected chi connectivity index (χ1v) is 6.59. The molecule has 0 aliphatic carbocycles. The Kier molecular flexibility index (Phi) is 3.25. The molecule has 0 bridgehead atoms. The van der Waals surface area contributed by atoms with Gasteiger partial charge in [0.1, 0.15) is 0 Å². The Morgan fingerprint density at radius 2 is 2.40 bits per heavy atom. The lowest BCUT2D eigenvalue weighted by atomic mass is 10.1. The first kappa shape index (κ1) is 10.9. The van der Waals surface area contributed by atoms with E-state index in [0.717, 1.165) is 20.1 Å². The fourth-order valence-corrected chi connectivity index (χ4v) is 2.82. The summed E-state index contributed by atoms with van der Waals surface area (Å²) in [7, 11) is 0. The monoisotopic (exact) mass is 240 g/mol. The summed E-state index contributed by atoms with van der Waals surface area (Å²) in [4.78, 5) is 4.45. The maximum atomic E-state index is 8.96. The number of hydrogen-bond donors (Lipinski definition) is 2. The summed E-state index contributed by atoms with van der Waals surface area (Å²) in [6, 6.07) is 5.60. The normalized spacial score (nSPS) is 13.3. The number of thiazole rings is 1. The maximum Gasteiger partial charge on any atom is 0.150 e. The van der Waals surface area contributed by atoms with Crippen LogP contribution in [0, 0.1) is 0 Å². The highest BCUT2D eigenvalue weighted by Gasteiger charge is 2.08. The molecule has 3 N–H and O–H groups in total. The molecular formula is C10H12N2OS2. The molecule has 1 heterocycles. The molecule has 0 fully saturated rings. The smallest absolute Gasteiger partial charge is 0.150 e. The van der Waals surface area contributed by atoms with E-state index in [0.29, 0.717) is 0 Å². The van der Waals surface area contributed by atoms with Crippen molar-refractivity contribution in [1.29, 1.82) is 0 Å². The Labute approximate surface area is 96.3 Å². The summed E-state index contributed by atoms with van der Waals surface area (Å²) < 4.78 is 2.22. The van der Waals surface area contributed by atoms with Gasteiger partial charge in [-0.1, -0.05) is 17.8 Å². The minimum Gasteiger partial charge on any atom is -0.394 e. The molecule has 0 saturated heterocycles. The number of aromatic nitrogens is 1. The van der Waals surface area contributed by atoms with Crippen LogP contribution in [0.15, 0.2) is 22.5 Å².